The Labute approximate surface area is 173 Å². The molecule has 1 aliphatic heterocycles. The van der Waals surface area contributed by atoms with E-state index in [9.17, 15) is 24.9 Å². The van der Waals surface area contributed by atoms with Crippen molar-refractivity contribution in [2.24, 2.45) is 5.92 Å². The first-order valence-electron chi connectivity index (χ1n) is 10.1. The van der Waals surface area contributed by atoms with Gasteiger partial charge in [0.2, 0.25) is 0 Å². The highest BCUT2D eigenvalue weighted by Gasteiger charge is 2.48. The Morgan fingerprint density at radius 2 is 1.73 bits per heavy atom. The fourth-order valence-corrected chi connectivity index (χ4v) is 4.14. The first kappa shape index (κ1) is 22.6. The van der Waals surface area contributed by atoms with Crippen LogP contribution in [-0.2, 0) is 25.5 Å². The summed E-state index contributed by atoms with van der Waals surface area (Å²) in [5, 5.41) is 48.2. The van der Waals surface area contributed by atoms with Crippen molar-refractivity contribution < 1.29 is 44.6 Å². The lowest BCUT2D eigenvalue weighted by Crippen LogP contribution is -2.61. The molecule has 5 N–H and O–H groups in total. The van der Waals surface area contributed by atoms with E-state index in [4.69, 9.17) is 19.7 Å². The van der Waals surface area contributed by atoms with E-state index in [1.807, 2.05) is 12.1 Å². The summed E-state index contributed by atoms with van der Waals surface area (Å²) in [6.45, 7) is 1.63. The summed E-state index contributed by atoms with van der Waals surface area (Å²) >= 11 is 0. The fourth-order valence-electron chi connectivity index (χ4n) is 4.14. The maximum Gasteiger partial charge on any atom is 0.335 e. The molecule has 0 bridgehead atoms. The molecule has 0 aromatic heterocycles. The zero-order chi connectivity index (χ0) is 22.0. The quantitative estimate of drug-likeness (QED) is 0.421. The van der Waals surface area contributed by atoms with Gasteiger partial charge in [0.15, 0.2) is 12.4 Å². The lowest BCUT2D eigenvalue weighted by Gasteiger charge is -2.40. The Morgan fingerprint density at radius 3 is 2.33 bits per heavy atom. The number of ether oxygens (including phenoxy) is 2. The second-order valence-corrected chi connectivity index (χ2v) is 8.11. The maximum absolute atomic E-state index is 11.3. The van der Waals surface area contributed by atoms with E-state index in [1.54, 1.807) is 19.1 Å². The zero-order valence-corrected chi connectivity index (χ0v) is 16.6. The molecule has 1 saturated carbocycles. The van der Waals surface area contributed by atoms with Gasteiger partial charge in [-0.15, -0.1) is 0 Å². The fraction of sp³-hybridized carbons (Fsp3) is 0.619. The molecular formula is C21H28O9. The topological polar surface area (TPSA) is 154 Å². The molecule has 8 atom stereocenters. The molecule has 2 aliphatic rings. The van der Waals surface area contributed by atoms with E-state index in [0.29, 0.717) is 12.8 Å². The first-order chi connectivity index (χ1) is 14.2. The number of aliphatic hydroxyl groups is 3. The van der Waals surface area contributed by atoms with Crippen LogP contribution < -0.4 is 0 Å². The Balaban J connectivity index is 1.64. The van der Waals surface area contributed by atoms with Crippen molar-refractivity contribution in [1.29, 1.82) is 0 Å². The first-order valence-corrected chi connectivity index (χ1v) is 10.1. The molecule has 1 unspecified atom stereocenters. The van der Waals surface area contributed by atoms with Crippen molar-refractivity contribution in [3.05, 3.63) is 35.4 Å². The van der Waals surface area contributed by atoms with Crippen LogP contribution in [0.2, 0.25) is 0 Å². The SMILES string of the molecule is CC(C(=O)O)c1ccc(C[C@H]2CCC[C@@H]2O[C@@H]2O[C@H](C(=O)O)[C@@H](O)[C@H](O)[C@H]2O)cc1. The molecule has 1 aromatic carbocycles. The summed E-state index contributed by atoms with van der Waals surface area (Å²) in [6, 6.07) is 7.36. The summed E-state index contributed by atoms with van der Waals surface area (Å²) < 4.78 is 11.1. The van der Waals surface area contributed by atoms with Crippen molar-refractivity contribution in [1.82, 2.24) is 0 Å². The van der Waals surface area contributed by atoms with Crippen LogP contribution in [0, 0.1) is 5.92 Å². The Bertz CT molecular complexity index is 749. The van der Waals surface area contributed by atoms with Crippen LogP contribution in [0.3, 0.4) is 0 Å². The normalized spacial score (nSPS) is 35.1. The Kier molecular flexibility index (Phi) is 7.10. The molecule has 1 aliphatic carbocycles. The van der Waals surface area contributed by atoms with Crippen LogP contribution in [0.4, 0.5) is 0 Å². The Hall–Kier alpha value is -2.04. The van der Waals surface area contributed by atoms with Gasteiger partial charge in [-0.3, -0.25) is 4.79 Å². The van der Waals surface area contributed by atoms with E-state index in [0.717, 1.165) is 24.0 Å². The summed E-state index contributed by atoms with van der Waals surface area (Å²) in [4.78, 5) is 22.4. The van der Waals surface area contributed by atoms with Crippen LogP contribution >= 0.6 is 0 Å². The van der Waals surface area contributed by atoms with Crippen LogP contribution in [0.25, 0.3) is 0 Å². The van der Waals surface area contributed by atoms with Gasteiger partial charge in [-0.1, -0.05) is 30.7 Å². The van der Waals surface area contributed by atoms with Gasteiger partial charge < -0.3 is 35.0 Å². The summed E-state index contributed by atoms with van der Waals surface area (Å²) in [7, 11) is 0. The number of benzene rings is 1. The van der Waals surface area contributed by atoms with Crippen LogP contribution in [0.1, 0.15) is 43.2 Å². The molecule has 0 spiro atoms. The number of rotatable bonds is 7. The number of aliphatic carboxylic acids is 2. The van der Waals surface area contributed by atoms with Gasteiger partial charge in [-0.05, 0) is 43.2 Å². The molecule has 3 rings (SSSR count). The van der Waals surface area contributed by atoms with Crippen LogP contribution in [-0.4, -0.2) is 74.3 Å². The molecule has 1 aromatic rings. The minimum atomic E-state index is -1.75. The molecule has 0 amide bonds. The van der Waals surface area contributed by atoms with E-state index < -0.39 is 48.6 Å². The van der Waals surface area contributed by atoms with Crippen molar-refractivity contribution in [3.8, 4) is 0 Å². The molecule has 2 fully saturated rings. The highest BCUT2D eigenvalue weighted by atomic mass is 16.7. The maximum atomic E-state index is 11.3. The second kappa shape index (κ2) is 9.40. The molecule has 9 heteroatoms. The number of carbonyl (C=O) groups is 2. The molecule has 1 saturated heterocycles. The van der Waals surface area contributed by atoms with Gasteiger partial charge in [-0.2, -0.15) is 0 Å². The van der Waals surface area contributed by atoms with Gasteiger partial charge in [0, 0.05) is 0 Å². The van der Waals surface area contributed by atoms with E-state index in [1.165, 1.54) is 0 Å². The average Bonchev–Trinajstić information content (AvgIpc) is 3.14. The van der Waals surface area contributed by atoms with Gasteiger partial charge >= 0.3 is 11.9 Å². The third-order valence-electron chi connectivity index (χ3n) is 6.06. The van der Waals surface area contributed by atoms with Crippen molar-refractivity contribution >= 4 is 11.9 Å². The third-order valence-corrected chi connectivity index (χ3v) is 6.06. The largest absolute Gasteiger partial charge is 0.481 e. The van der Waals surface area contributed by atoms with Gasteiger partial charge in [0.25, 0.3) is 0 Å². The highest BCUT2D eigenvalue weighted by molar-refractivity contribution is 5.75. The molecule has 9 nitrogen and oxygen atoms in total. The monoisotopic (exact) mass is 424 g/mol. The summed E-state index contributed by atoms with van der Waals surface area (Å²) in [6.07, 6.45) is -5.21. The average molecular weight is 424 g/mol. The minimum absolute atomic E-state index is 0.0934. The standard InChI is InChI=1S/C21H28O9/c1-10(19(25)26)12-7-5-11(6-8-12)9-13-3-2-4-14(13)29-21-17(24)15(22)16(23)18(30-21)20(27)28/h5-8,10,13-18,21-24H,2-4,9H2,1H3,(H,25,26)(H,27,28)/t10?,13-,14+,15+,16+,17-,18+,21-/m1/s1. The highest BCUT2D eigenvalue weighted by Crippen LogP contribution is 2.34. The van der Waals surface area contributed by atoms with Crippen LogP contribution in [0.15, 0.2) is 24.3 Å². The molecule has 0 radical (unpaired) electrons. The van der Waals surface area contributed by atoms with Crippen LogP contribution in [0.5, 0.6) is 0 Å². The van der Waals surface area contributed by atoms with Gasteiger partial charge in [0.05, 0.1) is 12.0 Å². The second-order valence-electron chi connectivity index (χ2n) is 8.11. The summed E-state index contributed by atoms with van der Waals surface area (Å²) in [5.74, 6) is -2.82. The van der Waals surface area contributed by atoms with Crippen molar-refractivity contribution in [2.45, 2.75) is 75.3 Å². The number of carboxylic acid groups (broad SMARTS) is 2. The van der Waals surface area contributed by atoms with E-state index in [-0.39, 0.29) is 12.0 Å². The summed E-state index contributed by atoms with van der Waals surface area (Å²) in [5.41, 5.74) is 1.73. The number of aliphatic hydroxyl groups excluding tert-OH is 3. The molecule has 30 heavy (non-hydrogen) atoms. The predicted octanol–water partition coefficient (Wildman–Crippen LogP) is 0.495. The van der Waals surface area contributed by atoms with Gasteiger partial charge in [0.1, 0.15) is 18.3 Å². The number of hydrogen-bond acceptors (Lipinski definition) is 7. The van der Waals surface area contributed by atoms with Gasteiger partial charge in [-0.25, -0.2) is 4.79 Å². The molecule has 1 heterocycles. The Morgan fingerprint density at radius 1 is 1.07 bits per heavy atom. The molecular weight excluding hydrogens is 396 g/mol. The smallest absolute Gasteiger partial charge is 0.335 e. The number of hydrogen-bond donors (Lipinski definition) is 5. The van der Waals surface area contributed by atoms with E-state index in [2.05, 4.69) is 0 Å². The van der Waals surface area contributed by atoms with Crippen molar-refractivity contribution in [2.75, 3.05) is 0 Å². The number of carboxylic acids is 2. The molecule has 166 valence electrons. The van der Waals surface area contributed by atoms with Crippen molar-refractivity contribution in [3.63, 3.8) is 0 Å². The lowest BCUT2D eigenvalue weighted by molar-refractivity contribution is -0.306. The predicted molar refractivity (Wildman–Crippen MR) is 103 cm³/mol. The zero-order valence-electron chi connectivity index (χ0n) is 16.6. The van der Waals surface area contributed by atoms with E-state index >= 15 is 0 Å². The minimum Gasteiger partial charge on any atom is -0.481 e. The third kappa shape index (κ3) is 4.81. The lowest BCUT2D eigenvalue weighted by atomic mass is 9.93.